The lowest BCUT2D eigenvalue weighted by molar-refractivity contribution is 0.0953. The predicted octanol–water partition coefficient (Wildman–Crippen LogP) is 2.04. The first-order valence-electron chi connectivity index (χ1n) is 7.07. The van der Waals surface area contributed by atoms with Gasteiger partial charge in [-0.3, -0.25) is 15.1 Å². The van der Waals surface area contributed by atoms with Crippen LogP contribution >= 0.6 is 0 Å². The summed E-state index contributed by atoms with van der Waals surface area (Å²) >= 11 is 0. The number of nitrogens with one attached hydrogen (secondary N) is 1. The number of furan rings is 1. The Morgan fingerprint density at radius 1 is 1.58 bits per heavy atom. The van der Waals surface area contributed by atoms with Crippen LogP contribution < -0.4 is 11.3 Å². The molecule has 0 saturated carbocycles. The van der Waals surface area contributed by atoms with E-state index in [1.54, 1.807) is 6.07 Å². The first kappa shape index (κ1) is 14.1. The van der Waals surface area contributed by atoms with Gasteiger partial charge >= 0.3 is 0 Å². The average molecular weight is 265 g/mol. The van der Waals surface area contributed by atoms with Gasteiger partial charge in [-0.05, 0) is 31.9 Å². The first-order chi connectivity index (χ1) is 9.24. The van der Waals surface area contributed by atoms with Crippen molar-refractivity contribution in [3.05, 3.63) is 23.7 Å². The van der Waals surface area contributed by atoms with Gasteiger partial charge in [0.25, 0.3) is 5.91 Å². The van der Waals surface area contributed by atoms with Crippen LogP contribution in [0.5, 0.6) is 0 Å². The van der Waals surface area contributed by atoms with Crippen molar-refractivity contribution < 1.29 is 9.21 Å². The van der Waals surface area contributed by atoms with Crippen molar-refractivity contribution in [3.8, 4) is 0 Å². The molecule has 1 fully saturated rings. The van der Waals surface area contributed by atoms with Crippen LogP contribution in [-0.2, 0) is 6.54 Å². The quantitative estimate of drug-likeness (QED) is 0.485. The lowest BCUT2D eigenvalue weighted by Crippen LogP contribution is -2.38. The van der Waals surface area contributed by atoms with Crippen molar-refractivity contribution in [3.63, 3.8) is 0 Å². The minimum Gasteiger partial charge on any atom is -0.467 e. The zero-order chi connectivity index (χ0) is 13.7. The van der Waals surface area contributed by atoms with Crippen LogP contribution in [0.15, 0.2) is 16.7 Å². The second-order valence-corrected chi connectivity index (χ2v) is 5.18. The molecule has 0 aliphatic carbocycles. The fourth-order valence-corrected chi connectivity index (χ4v) is 2.79. The van der Waals surface area contributed by atoms with Crippen molar-refractivity contribution >= 4 is 5.91 Å². The standard InChI is InChI=1S/C14H23N3O2/c1-2-5-12-6-3-4-7-17(12)9-13-8-11(10-19-13)14(18)16-15/h8,10,12H,2-7,9,15H2,1H3,(H,16,18). The smallest absolute Gasteiger partial charge is 0.268 e. The minimum atomic E-state index is -0.307. The molecule has 5 nitrogen and oxygen atoms in total. The van der Waals surface area contributed by atoms with Gasteiger partial charge in [-0.25, -0.2) is 5.84 Å². The highest BCUT2D eigenvalue weighted by Gasteiger charge is 2.22. The molecule has 0 radical (unpaired) electrons. The van der Waals surface area contributed by atoms with Crippen molar-refractivity contribution in [1.29, 1.82) is 0 Å². The van der Waals surface area contributed by atoms with Gasteiger partial charge in [-0.15, -0.1) is 0 Å². The molecule has 2 rings (SSSR count). The van der Waals surface area contributed by atoms with E-state index in [9.17, 15) is 4.79 Å². The van der Waals surface area contributed by atoms with Gasteiger partial charge in [0.15, 0.2) is 0 Å². The molecule has 3 N–H and O–H groups in total. The number of hydrazine groups is 1. The van der Waals surface area contributed by atoms with Gasteiger partial charge in [-0.1, -0.05) is 19.8 Å². The highest BCUT2D eigenvalue weighted by Crippen LogP contribution is 2.23. The second-order valence-electron chi connectivity index (χ2n) is 5.18. The van der Waals surface area contributed by atoms with Crippen molar-refractivity contribution in [2.24, 2.45) is 5.84 Å². The second kappa shape index (κ2) is 6.73. The fourth-order valence-electron chi connectivity index (χ4n) is 2.79. The van der Waals surface area contributed by atoms with Gasteiger partial charge in [-0.2, -0.15) is 0 Å². The molecule has 1 aromatic rings. The number of piperidine rings is 1. The van der Waals surface area contributed by atoms with E-state index < -0.39 is 0 Å². The maximum absolute atomic E-state index is 11.4. The number of nitrogen functional groups attached to an aromatic ring is 1. The molecule has 1 atom stereocenters. The molecule has 0 bridgehead atoms. The molecule has 1 aromatic heterocycles. The van der Waals surface area contributed by atoms with E-state index in [0.717, 1.165) is 18.8 Å². The SMILES string of the molecule is CCCC1CCCCN1Cc1cc(C(=O)NN)co1. The summed E-state index contributed by atoms with van der Waals surface area (Å²) in [4.78, 5) is 13.8. The normalized spacial score (nSPS) is 20.4. The lowest BCUT2D eigenvalue weighted by atomic mass is 9.98. The average Bonchev–Trinajstić information content (AvgIpc) is 2.89. The summed E-state index contributed by atoms with van der Waals surface area (Å²) in [6.07, 6.45) is 7.75. The third kappa shape index (κ3) is 3.58. The molecule has 1 unspecified atom stereocenters. The third-order valence-electron chi connectivity index (χ3n) is 3.78. The molecule has 0 spiro atoms. The van der Waals surface area contributed by atoms with Gasteiger partial charge in [0.1, 0.15) is 12.0 Å². The Hall–Kier alpha value is -1.33. The zero-order valence-electron chi connectivity index (χ0n) is 11.5. The molecule has 5 heteroatoms. The van der Waals surface area contributed by atoms with Crippen LogP contribution in [-0.4, -0.2) is 23.4 Å². The number of carbonyl (C=O) groups is 1. The summed E-state index contributed by atoms with van der Waals surface area (Å²) < 4.78 is 5.46. The summed E-state index contributed by atoms with van der Waals surface area (Å²) in [5.41, 5.74) is 2.60. The van der Waals surface area contributed by atoms with Gasteiger partial charge in [0, 0.05) is 6.04 Å². The third-order valence-corrected chi connectivity index (χ3v) is 3.78. The van der Waals surface area contributed by atoms with Crippen molar-refractivity contribution in [2.45, 2.75) is 51.6 Å². The number of rotatable bonds is 5. The Bertz CT molecular complexity index is 415. The summed E-state index contributed by atoms with van der Waals surface area (Å²) in [6, 6.07) is 2.43. The Morgan fingerprint density at radius 3 is 3.16 bits per heavy atom. The molecule has 2 heterocycles. The Balaban J connectivity index is 1.98. The van der Waals surface area contributed by atoms with E-state index in [4.69, 9.17) is 10.3 Å². The van der Waals surface area contributed by atoms with E-state index in [1.807, 2.05) is 0 Å². The molecule has 1 aliphatic rings. The number of amides is 1. The summed E-state index contributed by atoms with van der Waals surface area (Å²) in [7, 11) is 0. The van der Waals surface area contributed by atoms with Crippen LogP contribution in [0.4, 0.5) is 0 Å². The summed E-state index contributed by atoms with van der Waals surface area (Å²) in [5, 5.41) is 0. The van der Waals surface area contributed by atoms with E-state index >= 15 is 0 Å². The predicted molar refractivity (Wildman–Crippen MR) is 73.3 cm³/mol. The summed E-state index contributed by atoms with van der Waals surface area (Å²) in [6.45, 7) is 4.12. The van der Waals surface area contributed by atoms with E-state index in [-0.39, 0.29) is 5.91 Å². The van der Waals surface area contributed by atoms with Crippen LogP contribution in [0, 0.1) is 0 Å². The van der Waals surface area contributed by atoms with E-state index in [2.05, 4.69) is 17.2 Å². The number of nitrogens with zero attached hydrogens (tertiary/aromatic N) is 1. The van der Waals surface area contributed by atoms with Gasteiger partial charge in [0.2, 0.25) is 0 Å². The summed E-state index contributed by atoms with van der Waals surface area (Å²) in [5.74, 6) is 5.64. The molecule has 0 aromatic carbocycles. The van der Waals surface area contributed by atoms with E-state index in [1.165, 1.54) is 38.4 Å². The molecule has 106 valence electrons. The molecular weight excluding hydrogens is 242 g/mol. The largest absolute Gasteiger partial charge is 0.467 e. The number of hydrogen-bond acceptors (Lipinski definition) is 4. The monoisotopic (exact) mass is 265 g/mol. The van der Waals surface area contributed by atoms with Crippen molar-refractivity contribution in [1.82, 2.24) is 10.3 Å². The van der Waals surface area contributed by atoms with Crippen LogP contribution in [0.3, 0.4) is 0 Å². The lowest BCUT2D eigenvalue weighted by Gasteiger charge is -2.35. The Kier molecular flexibility index (Phi) is 4.99. The highest BCUT2D eigenvalue weighted by atomic mass is 16.3. The molecular formula is C14H23N3O2. The van der Waals surface area contributed by atoms with Gasteiger partial charge in [0.05, 0.1) is 12.1 Å². The molecule has 1 saturated heterocycles. The molecule has 19 heavy (non-hydrogen) atoms. The fraction of sp³-hybridized carbons (Fsp3) is 0.643. The highest BCUT2D eigenvalue weighted by molar-refractivity contribution is 5.93. The van der Waals surface area contributed by atoms with Crippen LogP contribution in [0.2, 0.25) is 0 Å². The van der Waals surface area contributed by atoms with Crippen LogP contribution in [0.25, 0.3) is 0 Å². The van der Waals surface area contributed by atoms with Crippen LogP contribution in [0.1, 0.15) is 55.1 Å². The minimum absolute atomic E-state index is 0.307. The Labute approximate surface area is 114 Å². The van der Waals surface area contributed by atoms with E-state index in [0.29, 0.717) is 11.6 Å². The number of carbonyl (C=O) groups excluding carboxylic acids is 1. The maximum atomic E-state index is 11.4. The number of hydrogen-bond donors (Lipinski definition) is 2. The molecule has 1 amide bonds. The first-order valence-corrected chi connectivity index (χ1v) is 7.07. The topological polar surface area (TPSA) is 71.5 Å². The molecule has 1 aliphatic heterocycles. The zero-order valence-corrected chi connectivity index (χ0v) is 11.5. The van der Waals surface area contributed by atoms with Crippen molar-refractivity contribution in [2.75, 3.05) is 6.54 Å². The van der Waals surface area contributed by atoms with Gasteiger partial charge < -0.3 is 4.42 Å². The Morgan fingerprint density at radius 2 is 2.42 bits per heavy atom. The maximum Gasteiger partial charge on any atom is 0.268 e. The number of nitrogens with two attached hydrogens (primary N) is 1. The number of likely N-dealkylation sites (tertiary alicyclic amines) is 1.